The van der Waals surface area contributed by atoms with Crippen molar-refractivity contribution < 1.29 is 13.9 Å². The molecule has 10 heteroatoms. The first-order chi connectivity index (χ1) is 17.5. The van der Waals surface area contributed by atoms with E-state index < -0.39 is 0 Å². The van der Waals surface area contributed by atoms with E-state index in [9.17, 15) is 4.79 Å². The van der Waals surface area contributed by atoms with E-state index in [2.05, 4.69) is 22.1 Å². The van der Waals surface area contributed by atoms with Crippen molar-refractivity contribution in [2.24, 2.45) is 14.1 Å². The molecule has 0 bridgehead atoms. The van der Waals surface area contributed by atoms with E-state index >= 15 is 0 Å². The lowest BCUT2D eigenvalue weighted by molar-refractivity contribution is -0.00709. The van der Waals surface area contributed by atoms with Gasteiger partial charge in [0.15, 0.2) is 5.58 Å². The third-order valence-corrected chi connectivity index (χ3v) is 7.01. The maximum absolute atomic E-state index is 13.7. The number of aromatic nitrogens is 6. The molecule has 186 valence electrons. The smallest absolute Gasteiger partial charge is 0.349 e. The molecule has 0 unspecified atom stereocenters. The van der Waals surface area contributed by atoms with Crippen LogP contribution in [0.4, 0.5) is 0 Å². The average molecular weight is 489 g/mol. The molecule has 1 aromatic carbocycles. The van der Waals surface area contributed by atoms with Gasteiger partial charge in [0.2, 0.25) is 0 Å². The van der Waals surface area contributed by atoms with Gasteiger partial charge in [-0.3, -0.25) is 13.9 Å². The van der Waals surface area contributed by atoms with Gasteiger partial charge >= 0.3 is 5.69 Å². The van der Waals surface area contributed by atoms with Crippen molar-refractivity contribution >= 4 is 22.1 Å². The van der Waals surface area contributed by atoms with Gasteiger partial charge in [0.1, 0.15) is 22.5 Å². The Morgan fingerprint density at radius 1 is 1.11 bits per heavy atom. The molecule has 10 nitrogen and oxygen atoms in total. The van der Waals surface area contributed by atoms with Crippen LogP contribution in [0.3, 0.4) is 0 Å². The predicted molar refractivity (Wildman–Crippen MR) is 135 cm³/mol. The van der Waals surface area contributed by atoms with Crippen LogP contribution in [0.15, 0.2) is 46.1 Å². The summed E-state index contributed by atoms with van der Waals surface area (Å²) in [6.45, 7) is 2.71. The molecule has 36 heavy (non-hydrogen) atoms. The number of hydrogen-bond donors (Lipinski definition) is 0. The quantitative estimate of drug-likeness (QED) is 0.367. The van der Waals surface area contributed by atoms with E-state index in [-0.39, 0.29) is 17.8 Å². The Balaban J connectivity index is 1.68. The van der Waals surface area contributed by atoms with Crippen LogP contribution < -0.4 is 10.4 Å². The van der Waals surface area contributed by atoms with E-state index in [0.29, 0.717) is 29.2 Å². The number of aryl methyl sites for hydroxylation is 2. The highest BCUT2D eigenvalue weighted by molar-refractivity contribution is 6.08. The number of fused-ring (bicyclic) bond motifs is 3. The summed E-state index contributed by atoms with van der Waals surface area (Å²) in [5.74, 6) is 0.663. The zero-order valence-corrected chi connectivity index (χ0v) is 20.8. The van der Waals surface area contributed by atoms with E-state index in [0.717, 1.165) is 46.9 Å². The summed E-state index contributed by atoms with van der Waals surface area (Å²) in [6, 6.07) is 3.86. The molecule has 5 aromatic rings. The van der Waals surface area contributed by atoms with Crippen LogP contribution in [0.1, 0.15) is 32.2 Å². The number of rotatable bonds is 5. The molecule has 1 aliphatic heterocycles. The molecule has 0 N–H and O–H groups in total. The Bertz CT molecular complexity index is 1640. The third-order valence-electron chi connectivity index (χ3n) is 7.01. The molecule has 5 heterocycles. The van der Waals surface area contributed by atoms with Crippen molar-refractivity contribution in [3.63, 3.8) is 0 Å². The highest BCUT2D eigenvalue weighted by Crippen LogP contribution is 2.41. The molecular weight excluding hydrogens is 460 g/mol. The fourth-order valence-corrected chi connectivity index (χ4v) is 5.22. The molecule has 0 spiro atoms. The van der Waals surface area contributed by atoms with E-state index in [1.165, 1.54) is 0 Å². The highest BCUT2D eigenvalue weighted by Gasteiger charge is 2.29. The number of hydrogen-bond acceptors (Lipinski definition) is 7. The van der Waals surface area contributed by atoms with Gasteiger partial charge < -0.3 is 13.9 Å². The average Bonchev–Trinajstić information content (AvgIpc) is 3.61. The Hall–Kier alpha value is -3.92. The lowest BCUT2D eigenvalue weighted by Crippen LogP contribution is -2.34. The van der Waals surface area contributed by atoms with E-state index in [1.54, 1.807) is 28.9 Å². The molecule has 1 saturated heterocycles. The Morgan fingerprint density at radius 3 is 2.53 bits per heavy atom. The van der Waals surface area contributed by atoms with Crippen LogP contribution >= 0.6 is 0 Å². The van der Waals surface area contributed by atoms with Crippen molar-refractivity contribution in [2.45, 2.75) is 38.3 Å². The van der Waals surface area contributed by atoms with Gasteiger partial charge in [-0.1, -0.05) is 6.92 Å². The number of benzene rings is 1. The fourth-order valence-electron chi connectivity index (χ4n) is 5.22. The second-order valence-electron chi connectivity index (χ2n) is 9.33. The maximum Gasteiger partial charge on any atom is 0.349 e. The normalized spacial score (nSPS) is 18.3. The summed E-state index contributed by atoms with van der Waals surface area (Å²) in [5.41, 5.74) is 4.61. The molecule has 2 atom stereocenters. The lowest BCUT2D eigenvalue weighted by atomic mass is 10.00. The van der Waals surface area contributed by atoms with Gasteiger partial charge in [-0.2, -0.15) is 15.2 Å². The number of nitrogens with zero attached hydrogens (tertiary/aromatic N) is 6. The minimum atomic E-state index is -0.301. The van der Waals surface area contributed by atoms with Crippen molar-refractivity contribution in [2.75, 3.05) is 13.7 Å². The second kappa shape index (κ2) is 8.63. The van der Waals surface area contributed by atoms with Crippen LogP contribution in [-0.2, 0) is 18.8 Å². The van der Waals surface area contributed by atoms with E-state index in [4.69, 9.17) is 13.9 Å². The number of ether oxygens (including phenoxy) is 2. The monoisotopic (exact) mass is 488 g/mol. The Labute approximate surface area is 207 Å². The number of methoxy groups -OCH3 is 1. The summed E-state index contributed by atoms with van der Waals surface area (Å²) < 4.78 is 23.3. The van der Waals surface area contributed by atoms with Crippen molar-refractivity contribution in [1.82, 2.24) is 29.1 Å². The molecule has 0 aliphatic carbocycles. The summed E-state index contributed by atoms with van der Waals surface area (Å²) in [7, 11) is 5.34. The maximum atomic E-state index is 13.7. The summed E-state index contributed by atoms with van der Waals surface area (Å²) in [6.07, 6.45) is 9.74. The first kappa shape index (κ1) is 22.5. The summed E-state index contributed by atoms with van der Waals surface area (Å²) >= 11 is 0. The van der Waals surface area contributed by atoms with Crippen LogP contribution in [-0.4, -0.2) is 48.9 Å². The molecule has 1 aliphatic rings. The van der Waals surface area contributed by atoms with Gasteiger partial charge in [0.05, 0.1) is 25.6 Å². The van der Waals surface area contributed by atoms with Gasteiger partial charge in [-0.25, -0.2) is 4.79 Å². The molecule has 0 radical (unpaired) electrons. The molecular formula is C26H28N6O4. The van der Waals surface area contributed by atoms with Crippen molar-refractivity contribution in [3.05, 3.63) is 47.4 Å². The van der Waals surface area contributed by atoms with Gasteiger partial charge in [0, 0.05) is 67.3 Å². The van der Waals surface area contributed by atoms with Gasteiger partial charge in [0.25, 0.3) is 0 Å². The number of furan rings is 1. The van der Waals surface area contributed by atoms with Crippen LogP contribution in [0, 0.1) is 0 Å². The molecule has 1 fully saturated rings. The predicted octanol–water partition coefficient (Wildman–Crippen LogP) is 4.08. The fraction of sp³-hybridized carbons (Fsp3) is 0.385. The third kappa shape index (κ3) is 3.60. The van der Waals surface area contributed by atoms with Gasteiger partial charge in [-0.05, 0) is 25.3 Å². The van der Waals surface area contributed by atoms with Crippen molar-refractivity contribution in [1.29, 1.82) is 0 Å². The van der Waals surface area contributed by atoms with Gasteiger partial charge in [-0.15, -0.1) is 0 Å². The second-order valence-corrected chi connectivity index (χ2v) is 9.33. The first-order valence-electron chi connectivity index (χ1n) is 12.1. The molecule has 0 saturated carbocycles. The van der Waals surface area contributed by atoms with Crippen LogP contribution in [0.25, 0.3) is 44.5 Å². The molecule has 0 amide bonds. The largest absolute Gasteiger partial charge is 0.496 e. The summed E-state index contributed by atoms with van der Waals surface area (Å²) in [5, 5.41) is 9.43. The zero-order valence-electron chi connectivity index (χ0n) is 20.8. The zero-order chi connectivity index (χ0) is 25.0. The lowest BCUT2D eigenvalue weighted by Gasteiger charge is -2.30. The van der Waals surface area contributed by atoms with Crippen molar-refractivity contribution in [3.8, 4) is 28.1 Å². The Kier molecular flexibility index (Phi) is 5.40. The van der Waals surface area contributed by atoms with E-state index in [1.807, 2.05) is 43.2 Å². The SMILES string of the molecule is CC[C@H]1C[C@@H](n2c(=O)nc(-c3cnn(C)c3)c3oc4cc(OC)c(-c5cnn(C)c5)cc4c32)CCO1. The minimum Gasteiger partial charge on any atom is -0.496 e. The highest BCUT2D eigenvalue weighted by atomic mass is 16.5. The molecule has 6 rings (SSSR count). The Morgan fingerprint density at radius 2 is 1.86 bits per heavy atom. The topological polar surface area (TPSA) is 102 Å². The minimum absolute atomic E-state index is 0.0427. The first-order valence-corrected chi connectivity index (χ1v) is 12.1. The summed E-state index contributed by atoms with van der Waals surface area (Å²) in [4.78, 5) is 18.2. The molecule has 4 aromatic heterocycles. The van der Waals surface area contributed by atoms with Crippen LogP contribution in [0.5, 0.6) is 5.75 Å². The van der Waals surface area contributed by atoms with Crippen LogP contribution in [0.2, 0.25) is 0 Å². The standard InChI is InChI=1S/C26H28N6O4/c1-5-18-8-17(6-7-35-18)32-24-20-9-19(15-11-27-30(2)13-15)21(34-4)10-22(20)36-25(24)23(29-26(32)33)16-12-28-31(3)14-16/h9-14,17-18H,5-8H2,1-4H3/t17-,18-/m0/s1.